The molecule has 6 heteroatoms. The minimum absolute atomic E-state index is 0.135. The van der Waals surface area contributed by atoms with E-state index in [4.69, 9.17) is 0 Å². The van der Waals surface area contributed by atoms with Gasteiger partial charge in [-0.1, -0.05) is 6.07 Å². The zero-order valence-corrected chi connectivity index (χ0v) is 14.1. The molecule has 104 valence electrons. The lowest BCUT2D eigenvalue weighted by atomic mass is 10.2. The number of thiophene rings is 2. The lowest BCUT2D eigenvalue weighted by molar-refractivity contribution is 0.568. The topological polar surface area (TPSA) is 29.9 Å². The fourth-order valence-electron chi connectivity index (χ4n) is 2.08. The number of halogens is 1. The van der Waals surface area contributed by atoms with Gasteiger partial charge in [-0.15, -0.1) is 22.7 Å². The smallest absolute Gasteiger partial charge is 0.131 e. The summed E-state index contributed by atoms with van der Waals surface area (Å²) < 4.78 is 3.21. The van der Waals surface area contributed by atoms with Crippen molar-refractivity contribution in [1.29, 1.82) is 0 Å². The van der Waals surface area contributed by atoms with E-state index in [-0.39, 0.29) is 6.04 Å². The quantitative estimate of drug-likeness (QED) is 0.732. The maximum Gasteiger partial charge on any atom is 0.131 e. The maximum absolute atomic E-state index is 4.49. The van der Waals surface area contributed by atoms with Crippen molar-refractivity contribution in [3.05, 3.63) is 61.4 Å². The second-order valence-corrected chi connectivity index (χ2v) is 7.35. The van der Waals surface area contributed by atoms with Crippen LogP contribution in [0.1, 0.15) is 21.6 Å². The van der Waals surface area contributed by atoms with Crippen molar-refractivity contribution in [3.8, 4) is 0 Å². The van der Waals surface area contributed by atoms with Crippen LogP contribution >= 0.6 is 38.6 Å². The molecule has 0 bridgehead atoms. The molecular weight excluding hydrogens is 354 g/mol. The van der Waals surface area contributed by atoms with Gasteiger partial charge in [-0.25, -0.2) is 4.98 Å². The van der Waals surface area contributed by atoms with Crippen LogP contribution < -0.4 is 5.32 Å². The zero-order valence-electron chi connectivity index (χ0n) is 10.9. The van der Waals surface area contributed by atoms with Gasteiger partial charge in [0, 0.05) is 45.6 Å². The van der Waals surface area contributed by atoms with Gasteiger partial charge in [0.1, 0.15) is 11.9 Å². The van der Waals surface area contributed by atoms with Gasteiger partial charge in [0.05, 0.1) is 0 Å². The summed E-state index contributed by atoms with van der Waals surface area (Å²) in [7, 11) is 2.03. The Morgan fingerprint density at radius 2 is 2.35 bits per heavy atom. The predicted octanol–water partition coefficient (Wildman–Crippen LogP) is 4.18. The number of imidazole rings is 1. The van der Waals surface area contributed by atoms with E-state index >= 15 is 0 Å². The van der Waals surface area contributed by atoms with Crippen LogP contribution in [0.15, 0.2) is 45.8 Å². The van der Waals surface area contributed by atoms with Crippen molar-refractivity contribution >= 4 is 38.6 Å². The summed E-state index contributed by atoms with van der Waals surface area (Å²) in [5.74, 6) is 1.04. The van der Waals surface area contributed by atoms with Crippen molar-refractivity contribution in [2.45, 2.75) is 12.6 Å². The highest BCUT2D eigenvalue weighted by Crippen LogP contribution is 2.26. The van der Waals surface area contributed by atoms with E-state index in [1.807, 2.05) is 19.4 Å². The van der Waals surface area contributed by atoms with Crippen LogP contribution in [-0.2, 0) is 13.6 Å². The Hall–Kier alpha value is -0.950. The highest BCUT2D eigenvalue weighted by molar-refractivity contribution is 9.10. The average molecular weight is 368 g/mol. The van der Waals surface area contributed by atoms with Crippen molar-refractivity contribution in [1.82, 2.24) is 14.9 Å². The molecule has 0 fully saturated rings. The van der Waals surface area contributed by atoms with Crippen molar-refractivity contribution in [3.63, 3.8) is 0 Å². The van der Waals surface area contributed by atoms with E-state index in [1.54, 1.807) is 22.7 Å². The monoisotopic (exact) mass is 367 g/mol. The SMILES string of the molecule is Cn1ccnc1C(NCc1cc(Br)cs1)c1cccs1. The van der Waals surface area contributed by atoms with Crippen molar-refractivity contribution in [2.75, 3.05) is 0 Å². The van der Waals surface area contributed by atoms with Gasteiger partial charge in [-0.3, -0.25) is 5.32 Å². The van der Waals surface area contributed by atoms with Gasteiger partial charge in [0.2, 0.25) is 0 Å². The standard InChI is InChI=1S/C14H14BrN3S2/c1-18-5-4-16-14(18)13(12-3-2-6-19-12)17-8-11-7-10(15)9-20-11/h2-7,9,13,17H,8H2,1H3. The molecule has 0 aliphatic carbocycles. The number of aryl methyl sites for hydroxylation is 1. The third kappa shape index (κ3) is 3.03. The third-order valence-electron chi connectivity index (χ3n) is 3.05. The summed E-state index contributed by atoms with van der Waals surface area (Å²) in [4.78, 5) is 7.09. The van der Waals surface area contributed by atoms with E-state index < -0.39 is 0 Å². The average Bonchev–Trinajstić information content (AvgIpc) is 3.14. The van der Waals surface area contributed by atoms with Crippen LogP contribution in [0.3, 0.4) is 0 Å². The largest absolute Gasteiger partial charge is 0.336 e. The molecule has 0 saturated carbocycles. The molecular formula is C14H14BrN3S2. The minimum Gasteiger partial charge on any atom is -0.336 e. The molecule has 1 unspecified atom stereocenters. The molecule has 0 amide bonds. The third-order valence-corrected chi connectivity index (χ3v) is 5.68. The molecule has 1 atom stereocenters. The highest BCUT2D eigenvalue weighted by Gasteiger charge is 2.18. The number of aromatic nitrogens is 2. The van der Waals surface area contributed by atoms with Gasteiger partial charge in [0.25, 0.3) is 0 Å². The molecule has 20 heavy (non-hydrogen) atoms. The fourth-order valence-corrected chi connectivity index (χ4v) is 4.28. The Morgan fingerprint density at radius 3 is 2.95 bits per heavy atom. The molecule has 0 aliphatic rings. The number of hydrogen-bond donors (Lipinski definition) is 1. The molecule has 0 aliphatic heterocycles. The number of nitrogens with zero attached hydrogens (tertiary/aromatic N) is 2. The molecule has 1 N–H and O–H groups in total. The Labute approximate surface area is 134 Å². The van der Waals surface area contributed by atoms with Crippen LogP contribution in [-0.4, -0.2) is 9.55 Å². The Balaban J connectivity index is 1.81. The molecule has 0 saturated heterocycles. The first kappa shape index (κ1) is 14.0. The summed E-state index contributed by atoms with van der Waals surface area (Å²) >= 11 is 7.01. The van der Waals surface area contributed by atoms with Gasteiger partial charge in [-0.05, 0) is 33.4 Å². The number of hydrogen-bond acceptors (Lipinski definition) is 4. The summed E-state index contributed by atoms with van der Waals surface area (Å²) in [6, 6.07) is 6.53. The number of rotatable bonds is 5. The van der Waals surface area contributed by atoms with Gasteiger partial charge >= 0.3 is 0 Å². The molecule has 0 spiro atoms. The molecule has 3 rings (SSSR count). The lowest BCUT2D eigenvalue weighted by Gasteiger charge is -2.17. The first-order valence-corrected chi connectivity index (χ1v) is 8.76. The normalized spacial score (nSPS) is 12.7. The van der Waals surface area contributed by atoms with Crippen LogP contribution in [0.5, 0.6) is 0 Å². The summed E-state index contributed by atoms with van der Waals surface area (Å²) in [5, 5.41) is 7.83. The Morgan fingerprint density at radius 1 is 1.45 bits per heavy atom. The van der Waals surface area contributed by atoms with Crippen molar-refractivity contribution < 1.29 is 0 Å². The Kier molecular flexibility index (Phi) is 4.35. The summed E-state index contributed by atoms with van der Waals surface area (Å²) in [6.45, 7) is 0.839. The fraction of sp³-hybridized carbons (Fsp3) is 0.214. The predicted molar refractivity (Wildman–Crippen MR) is 88.2 cm³/mol. The van der Waals surface area contributed by atoms with E-state index in [9.17, 15) is 0 Å². The molecule has 0 radical (unpaired) electrons. The van der Waals surface area contributed by atoms with E-state index in [0.717, 1.165) is 16.8 Å². The van der Waals surface area contributed by atoms with Crippen LogP contribution in [0.25, 0.3) is 0 Å². The minimum atomic E-state index is 0.135. The second-order valence-electron chi connectivity index (χ2n) is 4.46. The van der Waals surface area contributed by atoms with Crippen molar-refractivity contribution in [2.24, 2.45) is 7.05 Å². The number of nitrogens with one attached hydrogen (secondary N) is 1. The van der Waals surface area contributed by atoms with Crippen LogP contribution in [0.2, 0.25) is 0 Å². The molecule has 3 heterocycles. The molecule has 3 nitrogen and oxygen atoms in total. The van der Waals surface area contributed by atoms with E-state index in [2.05, 4.69) is 59.8 Å². The lowest BCUT2D eigenvalue weighted by Crippen LogP contribution is -2.23. The zero-order chi connectivity index (χ0) is 13.9. The van der Waals surface area contributed by atoms with Crippen LogP contribution in [0.4, 0.5) is 0 Å². The van der Waals surface area contributed by atoms with Gasteiger partial charge < -0.3 is 4.57 Å². The van der Waals surface area contributed by atoms with E-state index in [1.165, 1.54) is 9.75 Å². The Bertz CT molecular complexity index is 672. The highest BCUT2D eigenvalue weighted by atomic mass is 79.9. The molecule has 3 aromatic rings. The summed E-state index contributed by atoms with van der Waals surface area (Å²) in [5.41, 5.74) is 0. The first-order chi connectivity index (χ1) is 9.74. The van der Waals surface area contributed by atoms with Gasteiger partial charge in [0.15, 0.2) is 0 Å². The summed E-state index contributed by atoms with van der Waals surface area (Å²) in [6.07, 6.45) is 3.83. The van der Waals surface area contributed by atoms with Crippen LogP contribution in [0, 0.1) is 0 Å². The van der Waals surface area contributed by atoms with E-state index in [0.29, 0.717) is 0 Å². The first-order valence-electron chi connectivity index (χ1n) is 6.21. The maximum atomic E-state index is 4.49. The molecule has 3 aromatic heterocycles. The molecule has 0 aromatic carbocycles. The second kappa shape index (κ2) is 6.22. The van der Waals surface area contributed by atoms with Gasteiger partial charge in [-0.2, -0.15) is 0 Å².